The number of aliphatic carboxylic acids is 1. The van der Waals surface area contributed by atoms with Crippen LogP contribution in [0.3, 0.4) is 0 Å². The third kappa shape index (κ3) is 9.63. The summed E-state index contributed by atoms with van der Waals surface area (Å²) in [7, 11) is 2.34. The van der Waals surface area contributed by atoms with E-state index in [4.69, 9.17) is 0 Å². The number of carbonyl (C=O) groups is 2. The summed E-state index contributed by atoms with van der Waals surface area (Å²) in [5.74, 6) is -0.219. The van der Waals surface area contributed by atoms with Gasteiger partial charge in [-0.25, -0.2) is 4.39 Å². The molecular formula is C39H60FN2O3P. The zero-order valence-corrected chi connectivity index (χ0v) is 30.7. The summed E-state index contributed by atoms with van der Waals surface area (Å²) in [5.41, 5.74) is 6.66. The summed E-state index contributed by atoms with van der Waals surface area (Å²) < 4.78 is 15.1. The minimum atomic E-state index is -1.48. The highest BCUT2D eigenvalue weighted by molar-refractivity contribution is 7.18. The average Bonchev–Trinajstić information content (AvgIpc) is 3.04. The molecule has 0 aromatic heterocycles. The number of alkyl halides is 1. The number of carboxylic acids is 1. The Kier molecular flexibility index (Phi) is 14.7. The van der Waals surface area contributed by atoms with Crippen LogP contribution in [0.5, 0.6) is 0 Å². The van der Waals surface area contributed by atoms with Crippen LogP contribution in [-0.4, -0.2) is 59.0 Å². The number of hydrogen-bond donors (Lipinski definition) is 1. The number of likely N-dealkylation sites (tertiary alicyclic amines) is 2. The van der Waals surface area contributed by atoms with Crippen molar-refractivity contribution < 1.29 is 19.1 Å². The average molecular weight is 655 g/mol. The van der Waals surface area contributed by atoms with Crippen molar-refractivity contribution in [2.45, 2.75) is 124 Å². The summed E-state index contributed by atoms with van der Waals surface area (Å²) in [5, 5.41) is 8.90. The summed E-state index contributed by atoms with van der Waals surface area (Å²) in [4.78, 5) is 30.1. The van der Waals surface area contributed by atoms with E-state index in [-0.39, 0.29) is 17.7 Å². The van der Waals surface area contributed by atoms with Gasteiger partial charge < -0.3 is 10.0 Å². The zero-order chi connectivity index (χ0) is 34.0. The zero-order valence-electron chi connectivity index (χ0n) is 29.6. The van der Waals surface area contributed by atoms with Crippen molar-refractivity contribution in [2.24, 2.45) is 11.8 Å². The number of hydrogen-bond acceptors (Lipinski definition) is 3. The van der Waals surface area contributed by atoms with Gasteiger partial charge in [0.05, 0.1) is 0 Å². The van der Waals surface area contributed by atoms with Crippen LogP contribution in [0.1, 0.15) is 122 Å². The van der Waals surface area contributed by atoms with E-state index in [1.807, 2.05) is 43.9 Å². The topological polar surface area (TPSA) is 60.9 Å². The third-order valence-electron chi connectivity index (χ3n) is 10.4. The summed E-state index contributed by atoms with van der Waals surface area (Å²) in [6, 6.07) is 5.36. The second-order valence-corrected chi connectivity index (χ2v) is 14.6. The quantitative estimate of drug-likeness (QED) is 0.160. The standard InChI is InChI=1S/C39H60FN2O3P/c1-8-12-14-27(5)33(10-3)34(13-9-2)30-17-23-42(24-18-30)37(38(44)45)31-19-21-41(22-20-31)36(43)25-29(7)32-16-15-28(6)35(26-32)39(40,46)11-4/h10,13-16,26,29-31,37H,8-9,11-12,17-25,46H2,1-7H3,(H,44,45)/b27-14-,33-10-,34-13-. The van der Waals surface area contributed by atoms with E-state index in [1.54, 1.807) is 0 Å². The van der Waals surface area contributed by atoms with Crippen LogP contribution in [0.15, 0.2) is 53.1 Å². The minimum Gasteiger partial charge on any atom is -0.480 e. The molecule has 2 aliphatic rings. The highest BCUT2D eigenvalue weighted by Gasteiger charge is 2.39. The molecule has 0 aliphatic carbocycles. The molecule has 256 valence electrons. The number of benzene rings is 1. The predicted octanol–water partition coefficient (Wildman–Crippen LogP) is 9.33. The lowest BCUT2D eigenvalue weighted by Crippen LogP contribution is -2.52. The first kappa shape index (κ1) is 38.2. The molecule has 1 amide bonds. The second-order valence-electron chi connectivity index (χ2n) is 13.7. The molecule has 0 saturated carbocycles. The van der Waals surface area contributed by atoms with Crippen LogP contribution in [0.25, 0.3) is 0 Å². The summed E-state index contributed by atoms with van der Waals surface area (Å²) >= 11 is 0. The number of allylic oxidation sites excluding steroid dienone is 6. The Morgan fingerprint density at radius 3 is 2.28 bits per heavy atom. The van der Waals surface area contributed by atoms with Gasteiger partial charge in [0.2, 0.25) is 5.91 Å². The normalized spacial score (nSPS) is 20.8. The molecule has 3 rings (SSSR count). The van der Waals surface area contributed by atoms with E-state index < -0.39 is 17.4 Å². The van der Waals surface area contributed by atoms with Crippen molar-refractivity contribution >= 4 is 21.1 Å². The van der Waals surface area contributed by atoms with Crippen LogP contribution >= 0.6 is 9.24 Å². The number of halogens is 1. The molecule has 46 heavy (non-hydrogen) atoms. The minimum absolute atomic E-state index is 0.0277. The first-order valence-electron chi connectivity index (χ1n) is 17.8. The van der Waals surface area contributed by atoms with Gasteiger partial charge in [-0.05, 0) is 130 Å². The molecular weight excluding hydrogens is 594 g/mol. The van der Waals surface area contributed by atoms with E-state index in [1.165, 1.54) is 16.7 Å². The SMILES string of the molecule is C/C=C(C(/C)=C\CCC)\C(=C/CC)C1CCN(C(C(=O)O)C2CCN(C(=O)CC(C)c3ccc(C)c(C(F)(P)CC)c3)CC2)CC1. The molecule has 2 fully saturated rings. The van der Waals surface area contributed by atoms with Crippen LogP contribution in [0.2, 0.25) is 0 Å². The van der Waals surface area contributed by atoms with Crippen molar-refractivity contribution in [1.82, 2.24) is 9.80 Å². The van der Waals surface area contributed by atoms with Gasteiger partial charge in [-0.15, -0.1) is 0 Å². The lowest BCUT2D eigenvalue weighted by atomic mass is 9.80. The fraction of sp³-hybridized carbons (Fsp3) is 0.641. The Hall–Kier alpha value is -2.30. The van der Waals surface area contributed by atoms with E-state index in [0.717, 1.165) is 56.3 Å². The highest BCUT2D eigenvalue weighted by atomic mass is 31.0. The monoisotopic (exact) mass is 654 g/mol. The van der Waals surface area contributed by atoms with E-state index in [2.05, 4.69) is 60.1 Å². The maximum atomic E-state index is 15.1. The largest absolute Gasteiger partial charge is 0.480 e. The molecule has 2 aliphatic heterocycles. The Balaban J connectivity index is 1.60. The molecule has 4 atom stereocenters. The molecule has 0 spiro atoms. The van der Waals surface area contributed by atoms with E-state index in [0.29, 0.717) is 50.3 Å². The molecule has 1 aromatic carbocycles. The number of unbranched alkanes of at least 4 members (excludes halogenated alkanes) is 1. The van der Waals surface area contributed by atoms with Crippen molar-refractivity contribution in [3.05, 3.63) is 69.8 Å². The van der Waals surface area contributed by atoms with Gasteiger partial charge in [0.1, 0.15) is 11.5 Å². The molecule has 2 saturated heterocycles. The molecule has 4 unspecified atom stereocenters. The lowest BCUT2D eigenvalue weighted by molar-refractivity contribution is -0.147. The molecule has 5 nitrogen and oxygen atoms in total. The lowest BCUT2D eigenvalue weighted by Gasteiger charge is -2.42. The fourth-order valence-electron chi connectivity index (χ4n) is 7.51. The molecule has 0 bridgehead atoms. The Morgan fingerprint density at radius 2 is 1.74 bits per heavy atom. The maximum Gasteiger partial charge on any atom is 0.321 e. The maximum absolute atomic E-state index is 15.1. The number of carbonyl (C=O) groups excluding carboxylic acids is 1. The summed E-state index contributed by atoms with van der Waals surface area (Å²) in [6.07, 6.45) is 14.2. The van der Waals surface area contributed by atoms with Crippen molar-refractivity contribution in [2.75, 3.05) is 26.2 Å². The van der Waals surface area contributed by atoms with Crippen LogP contribution < -0.4 is 0 Å². The smallest absolute Gasteiger partial charge is 0.321 e. The van der Waals surface area contributed by atoms with Gasteiger partial charge in [0.15, 0.2) is 0 Å². The predicted molar refractivity (Wildman–Crippen MR) is 193 cm³/mol. The van der Waals surface area contributed by atoms with E-state index in [9.17, 15) is 14.7 Å². The van der Waals surface area contributed by atoms with E-state index >= 15 is 4.39 Å². The Labute approximate surface area is 281 Å². The first-order chi connectivity index (χ1) is 21.9. The number of amides is 1. The molecule has 1 aromatic rings. The van der Waals surface area contributed by atoms with Crippen LogP contribution in [0.4, 0.5) is 4.39 Å². The highest BCUT2D eigenvalue weighted by Crippen LogP contribution is 2.40. The van der Waals surface area contributed by atoms with Gasteiger partial charge in [-0.3, -0.25) is 14.5 Å². The van der Waals surface area contributed by atoms with Gasteiger partial charge in [-0.2, -0.15) is 0 Å². The third-order valence-corrected chi connectivity index (χ3v) is 11.1. The van der Waals surface area contributed by atoms with Crippen LogP contribution in [0, 0.1) is 18.8 Å². The van der Waals surface area contributed by atoms with Crippen molar-refractivity contribution in [1.29, 1.82) is 0 Å². The van der Waals surface area contributed by atoms with Gasteiger partial charge in [0, 0.05) is 19.5 Å². The number of nitrogens with zero attached hydrogens (tertiary/aromatic N) is 2. The number of piperidine rings is 2. The fourth-order valence-corrected chi connectivity index (χ4v) is 7.82. The number of aryl methyl sites for hydroxylation is 1. The first-order valence-corrected chi connectivity index (χ1v) is 18.3. The Morgan fingerprint density at radius 1 is 1.09 bits per heavy atom. The van der Waals surface area contributed by atoms with Gasteiger partial charge in [-0.1, -0.05) is 79.8 Å². The van der Waals surface area contributed by atoms with Gasteiger partial charge >= 0.3 is 5.97 Å². The van der Waals surface area contributed by atoms with Crippen molar-refractivity contribution in [3.63, 3.8) is 0 Å². The number of rotatable bonds is 14. The molecule has 2 heterocycles. The van der Waals surface area contributed by atoms with Gasteiger partial charge in [0.25, 0.3) is 0 Å². The van der Waals surface area contributed by atoms with Crippen molar-refractivity contribution in [3.8, 4) is 0 Å². The second kappa shape index (κ2) is 17.7. The molecule has 7 heteroatoms. The Bertz CT molecular complexity index is 1270. The summed E-state index contributed by atoms with van der Waals surface area (Å²) in [6.45, 7) is 17.3. The number of carboxylic acid groups (broad SMARTS) is 1. The molecule has 1 N–H and O–H groups in total. The molecule has 0 radical (unpaired) electrons. The van der Waals surface area contributed by atoms with Crippen LogP contribution in [-0.2, 0) is 15.0 Å².